The van der Waals surface area contributed by atoms with E-state index in [-0.39, 0.29) is 23.6 Å². The summed E-state index contributed by atoms with van der Waals surface area (Å²) in [4.78, 5) is 23.9. The number of hydrogen-bond donors (Lipinski definition) is 2. The van der Waals surface area contributed by atoms with Crippen molar-refractivity contribution < 1.29 is 19.1 Å². The van der Waals surface area contributed by atoms with E-state index in [0.717, 1.165) is 5.56 Å². The summed E-state index contributed by atoms with van der Waals surface area (Å²) in [5.41, 5.74) is 0.195. The number of amides is 1. The monoisotopic (exact) mass is 325 g/mol. The molecule has 2 N–H and O–H groups in total. The molecule has 1 aromatic heterocycles. The molecule has 0 spiro atoms. The van der Waals surface area contributed by atoms with E-state index in [1.807, 2.05) is 19.1 Å². The highest BCUT2D eigenvalue weighted by molar-refractivity contribution is 5.97. The number of aromatic hydroxyl groups is 1. The first-order chi connectivity index (χ1) is 11.5. The summed E-state index contributed by atoms with van der Waals surface area (Å²) in [7, 11) is 0. The van der Waals surface area contributed by atoms with E-state index in [4.69, 9.17) is 9.15 Å². The van der Waals surface area contributed by atoms with Gasteiger partial charge in [0.25, 0.3) is 5.91 Å². The van der Waals surface area contributed by atoms with Crippen LogP contribution in [-0.4, -0.2) is 17.6 Å². The Kier molecular flexibility index (Phi) is 4.20. The predicted molar refractivity (Wildman–Crippen MR) is 89.5 cm³/mol. The summed E-state index contributed by atoms with van der Waals surface area (Å²) in [6, 6.07) is 13.7. The molecule has 3 aromatic rings. The lowest BCUT2D eigenvalue weighted by Gasteiger charge is -2.09. The van der Waals surface area contributed by atoms with Gasteiger partial charge >= 0.3 is 5.63 Å². The maximum atomic E-state index is 12.0. The number of aryl methyl sites for hydroxylation is 1. The van der Waals surface area contributed by atoms with Gasteiger partial charge in [-0.25, -0.2) is 4.79 Å². The van der Waals surface area contributed by atoms with Crippen molar-refractivity contribution in [3.63, 3.8) is 0 Å². The molecule has 6 nitrogen and oxygen atoms in total. The van der Waals surface area contributed by atoms with Crippen LogP contribution in [0.5, 0.6) is 11.5 Å². The average molecular weight is 325 g/mol. The number of anilines is 1. The van der Waals surface area contributed by atoms with Crippen LogP contribution in [0.4, 0.5) is 5.69 Å². The lowest BCUT2D eigenvalue weighted by molar-refractivity contribution is -0.118. The zero-order valence-corrected chi connectivity index (χ0v) is 12.9. The minimum atomic E-state index is -0.824. The fourth-order valence-electron chi connectivity index (χ4n) is 2.20. The van der Waals surface area contributed by atoms with Gasteiger partial charge in [-0.1, -0.05) is 29.8 Å². The molecule has 0 radical (unpaired) electrons. The minimum Gasteiger partial charge on any atom is -0.505 e. The van der Waals surface area contributed by atoms with E-state index in [2.05, 4.69) is 5.32 Å². The van der Waals surface area contributed by atoms with Crippen LogP contribution in [0.25, 0.3) is 11.0 Å². The summed E-state index contributed by atoms with van der Waals surface area (Å²) in [5.74, 6) is -0.371. The van der Waals surface area contributed by atoms with Gasteiger partial charge in [0.2, 0.25) is 0 Å². The molecule has 24 heavy (non-hydrogen) atoms. The Hall–Kier alpha value is -3.28. The highest BCUT2D eigenvalue weighted by Crippen LogP contribution is 2.29. The Morgan fingerprint density at radius 1 is 1.17 bits per heavy atom. The molecule has 6 heteroatoms. The Balaban J connectivity index is 1.75. The van der Waals surface area contributed by atoms with Gasteiger partial charge in [-0.3, -0.25) is 4.79 Å². The standard InChI is InChI=1S/C18H15NO5/c1-11-6-8-12(9-7-11)23-10-15(20)19-16-17(21)13-4-2-3-5-14(13)24-18(16)22/h2-9,21H,10H2,1H3,(H,19,20). The second-order valence-corrected chi connectivity index (χ2v) is 5.26. The zero-order chi connectivity index (χ0) is 17.1. The molecule has 0 atom stereocenters. The summed E-state index contributed by atoms with van der Waals surface area (Å²) < 4.78 is 10.4. The molecule has 0 saturated carbocycles. The van der Waals surface area contributed by atoms with E-state index in [1.54, 1.807) is 36.4 Å². The first-order valence-electron chi connectivity index (χ1n) is 7.29. The van der Waals surface area contributed by atoms with Gasteiger partial charge in [0.1, 0.15) is 11.3 Å². The lowest BCUT2D eigenvalue weighted by Crippen LogP contribution is -2.23. The molecule has 0 aliphatic heterocycles. The van der Waals surface area contributed by atoms with Crippen LogP contribution in [0.1, 0.15) is 5.56 Å². The van der Waals surface area contributed by atoms with E-state index in [0.29, 0.717) is 11.1 Å². The molecular formula is C18H15NO5. The normalized spacial score (nSPS) is 10.5. The number of rotatable bonds is 4. The van der Waals surface area contributed by atoms with Crippen molar-refractivity contribution in [2.24, 2.45) is 0 Å². The summed E-state index contributed by atoms with van der Waals surface area (Å²) in [5, 5.41) is 12.9. The van der Waals surface area contributed by atoms with Crippen molar-refractivity contribution >= 4 is 22.6 Å². The van der Waals surface area contributed by atoms with E-state index in [1.165, 1.54) is 0 Å². The third kappa shape index (κ3) is 3.22. The smallest absolute Gasteiger partial charge is 0.364 e. The van der Waals surface area contributed by atoms with Crippen LogP contribution in [0, 0.1) is 6.92 Å². The molecule has 122 valence electrons. The summed E-state index contributed by atoms with van der Waals surface area (Å²) in [6.45, 7) is 1.65. The number of benzene rings is 2. The Labute approximate surface area is 137 Å². The van der Waals surface area contributed by atoms with Crippen molar-refractivity contribution in [2.75, 3.05) is 11.9 Å². The second-order valence-electron chi connectivity index (χ2n) is 5.26. The van der Waals surface area contributed by atoms with Gasteiger partial charge in [-0.2, -0.15) is 0 Å². The van der Waals surface area contributed by atoms with Crippen molar-refractivity contribution in [2.45, 2.75) is 6.92 Å². The van der Waals surface area contributed by atoms with Gasteiger partial charge in [0.05, 0.1) is 5.39 Å². The van der Waals surface area contributed by atoms with Crippen LogP contribution in [-0.2, 0) is 4.79 Å². The Morgan fingerprint density at radius 3 is 2.62 bits per heavy atom. The molecule has 0 bridgehead atoms. The van der Waals surface area contributed by atoms with Crippen LogP contribution in [0.2, 0.25) is 0 Å². The third-order valence-corrected chi connectivity index (χ3v) is 3.44. The van der Waals surface area contributed by atoms with Crippen molar-refractivity contribution in [1.82, 2.24) is 0 Å². The number of hydrogen-bond acceptors (Lipinski definition) is 5. The number of nitrogens with one attached hydrogen (secondary N) is 1. The molecule has 0 aliphatic rings. The SMILES string of the molecule is Cc1ccc(OCC(=O)Nc2c(O)c3ccccc3oc2=O)cc1. The van der Waals surface area contributed by atoms with Crippen molar-refractivity contribution in [3.8, 4) is 11.5 Å². The first kappa shape index (κ1) is 15.6. The molecule has 0 aliphatic carbocycles. The van der Waals surface area contributed by atoms with E-state index in [9.17, 15) is 14.7 Å². The van der Waals surface area contributed by atoms with Crippen LogP contribution in [0.15, 0.2) is 57.7 Å². The van der Waals surface area contributed by atoms with Gasteiger partial charge < -0.3 is 19.6 Å². The first-order valence-corrected chi connectivity index (χ1v) is 7.29. The largest absolute Gasteiger partial charge is 0.505 e. The fourth-order valence-corrected chi connectivity index (χ4v) is 2.20. The highest BCUT2D eigenvalue weighted by atomic mass is 16.5. The van der Waals surface area contributed by atoms with Gasteiger partial charge in [0, 0.05) is 0 Å². The molecule has 2 aromatic carbocycles. The fraction of sp³-hybridized carbons (Fsp3) is 0.111. The van der Waals surface area contributed by atoms with Crippen LogP contribution >= 0.6 is 0 Å². The predicted octanol–water partition coefficient (Wildman–Crippen LogP) is 2.82. The lowest BCUT2D eigenvalue weighted by atomic mass is 10.2. The topological polar surface area (TPSA) is 88.8 Å². The summed E-state index contributed by atoms with van der Waals surface area (Å²) in [6.07, 6.45) is 0. The van der Waals surface area contributed by atoms with E-state index >= 15 is 0 Å². The maximum absolute atomic E-state index is 12.0. The van der Waals surface area contributed by atoms with Gasteiger partial charge in [-0.05, 0) is 31.2 Å². The molecule has 0 fully saturated rings. The number of para-hydroxylation sites is 1. The second kappa shape index (κ2) is 6.45. The van der Waals surface area contributed by atoms with Gasteiger partial charge in [-0.15, -0.1) is 0 Å². The highest BCUT2D eigenvalue weighted by Gasteiger charge is 2.16. The van der Waals surface area contributed by atoms with E-state index < -0.39 is 11.5 Å². The Bertz CT molecular complexity index is 944. The van der Waals surface area contributed by atoms with Crippen LogP contribution in [0.3, 0.4) is 0 Å². The minimum absolute atomic E-state index is 0.244. The quantitative estimate of drug-likeness (QED) is 0.720. The van der Waals surface area contributed by atoms with Gasteiger partial charge in [0.15, 0.2) is 18.0 Å². The number of carbonyl (C=O) groups excluding carboxylic acids is 1. The van der Waals surface area contributed by atoms with Crippen molar-refractivity contribution in [3.05, 3.63) is 64.5 Å². The number of fused-ring (bicyclic) bond motifs is 1. The number of ether oxygens (including phenoxy) is 1. The molecular weight excluding hydrogens is 310 g/mol. The van der Waals surface area contributed by atoms with Crippen LogP contribution < -0.4 is 15.7 Å². The molecule has 1 heterocycles. The molecule has 1 amide bonds. The average Bonchev–Trinajstić information content (AvgIpc) is 2.58. The molecule has 0 saturated heterocycles. The van der Waals surface area contributed by atoms with Crippen molar-refractivity contribution in [1.29, 1.82) is 0 Å². The maximum Gasteiger partial charge on any atom is 0.364 e. The Morgan fingerprint density at radius 2 is 1.88 bits per heavy atom. The molecule has 0 unspecified atom stereocenters. The summed E-state index contributed by atoms with van der Waals surface area (Å²) >= 11 is 0. The molecule has 3 rings (SSSR count). The third-order valence-electron chi connectivity index (χ3n) is 3.44. The number of carbonyl (C=O) groups is 1. The zero-order valence-electron chi connectivity index (χ0n) is 12.9.